The molecular formula is C15H18BrN3. The van der Waals surface area contributed by atoms with E-state index in [4.69, 9.17) is 0 Å². The molecule has 4 heteroatoms. The maximum Gasteiger partial charge on any atom is 0.0762 e. The Balaban J connectivity index is 2.11. The molecule has 1 aromatic heterocycles. The van der Waals surface area contributed by atoms with Gasteiger partial charge in [0.15, 0.2) is 0 Å². The lowest BCUT2D eigenvalue weighted by Gasteiger charge is -2.28. The lowest BCUT2D eigenvalue weighted by atomic mass is 9.92. The number of benzene rings is 1. The van der Waals surface area contributed by atoms with Crippen molar-refractivity contribution in [2.45, 2.75) is 32.4 Å². The second-order valence-electron chi connectivity index (χ2n) is 5.25. The highest BCUT2D eigenvalue weighted by Gasteiger charge is 2.26. The highest BCUT2D eigenvalue weighted by atomic mass is 79.9. The van der Waals surface area contributed by atoms with Gasteiger partial charge >= 0.3 is 0 Å². The Morgan fingerprint density at radius 2 is 2.16 bits per heavy atom. The van der Waals surface area contributed by atoms with Gasteiger partial charge in [0.05, 0.1) is 22.4 Å². The average Bonchev–Trinajstić information content (AvgIpc) is 2.80. The van der Waals surface area contributed by atoms with Gasteiger partial charge in [0, 0.05) is 12.6 Å². The van der Waals surface area contributed by atoms with Crippen molar-refractivity contribution < 1.29 is 0 Å². The molecule has 2 aromatic rings. The second-order valence-corrected chi connectivity index (χ2v) is 6.11. The lowest BCUT2D eigenvalue weighted by Crippen LogP contribution is -2.32. The number of fused-ring (bicyclic) bond motifs is 1. The number of rotatable bonds is 2. The predicted octanol–water partition coefficient (Wildman–Crippen LogP) is 3.46. The zero-order chi connectivity index (χ0) is 13.4. The fourth-order valence-corrected chi connectivity index (χ4v) is 3.28. The van der Waals surface area contributed by atoms with E-state index in [0.717, 1.165) is 17.4 Å². The minimum Gasteiger partial charge on any atom is -0.305 e. The van der Waals surface area contributed by atoms with Crippen LogP contribution in [0.2, 0.25) is 0 Å². The quantitative estimate of drug-likeness (QED) is 0.918. The van der Waals surface area contributed by atoms with Crippen molar-refractivity contribution >= 4 is 15.9 Å². The largest absolute Gasteiger partial charge is 0.305 e. The van der Waals surface area contributed by atoms with Crippen molar-refractivity contribution in [3.05, 3.63) is 51.8 Å². The molecule has 3 rings (SSSR count). The molecule has 0 aliphatic carbocycles. The second kappa shape index (κ2) is 5.10. The highest BCUT2D eigenvalue weighted by molar-refractivity contribution is 9.10. The molecule has 0 amide bonds. The van der Waals surface area contributed by atoms with Gasteiger partial charge in [-0.05, 0) is 47.3 Å². The number of aromatic nitrogens is 2. The van der Waals surface area contributed by atoms with Crippen molar-refractivity contribution in [2.75, 3.05) is 6.54 Å². The van der Waals surface area contributed by atoms with E-state index in [-0.39, 0.29) is 6.04 Å². The number of nitrogens with one attached hydrogen (secondary N) is 1. The molecule has 1 aliphatic heterocycles. The molecule has 1 aliphatic rings. The highest BCUT2D eigenvalue weighted by Crippen LogP contribution is 2.33. The Morgan fingerprint density at radius 3 is 2.95 bits per heavy atom. The molecule has 1 N–H and O–H groups in total. The van der Waals surface area contributed by atoms with E-state index in [9.17, 15) is 0 Å². The minimum absolute atomic E-state index is 0.226. The summed E-state index contributed by atoms with van der Waals surface area (Å²) in [5, 5.41) is 8.12. The van der Waals surface area contributed by atoms with Crippen LogP contribution in [0.25, 0.3) is 0 Å². The minimum atomic E-state index is 0.226. The van der Waals surface area contributed by atoms with Gasteiger partial charge in [0.2, 0.25) is 0 Å². The van der Waals surface area contributed by atoms with Crippen LogP contribution in [0.15, 0.2) is 34.9 Å². The molecule has 2 heterocycles. The van der Waals surface area contributed by atoms with E-state index in [1.807, 2.05) is 6.20 Å². The molecule has 1 atom stereocenters. The topological polar surface area (TPSA) is 29.9 Å². The van der Waals surface area contributed by atoms with Crippen molar-refractivity contribution in [3.63, 3.8) is 0 Å². The molecule has 0 fully saturated rings. The first-order chi connectivity index (χ1) is 9.18. The van der Waals surface area contributed by atoms with Gasteiger partial charge in [0.1, 0.15) is 0 Å². The van der Waals surface area contributed by atoms with Gasteiger partial charge in [-0.2, -0.15) is 5.10 Å². The maximum atomic E-state index is 4.49. The van der Waals surface area contributed by atoms with Crippen LogP contribution in [0.5, 0.6) is 0 Å². The Hall–Kier alpha value is -1.13. The molecule has 19 heavy (non-hydrogen) atoms. The zero-order valence-electron chi connectivity index (χ0n) is 11.2. The standard InChI is InChI=1S/C15H18BrN3/c1-10(2)19-15(13(16)9-18-19)14-12-6-4-3-5-11(12)7-8-17-14/h3-6,9-10,14,17H,7-8H2,1-2H3. The molecule has 0 bridgehead atoms. The summed E-state index contributed by atoms with van der Waals surface area (Å²) < 4.78 is 3.18. The molecule has 0 radical (unpaired) electrons. The van der Waals surface area contributed by atoms with Gasteiger partial charge in [-0.15, -0.1) is 0 Å². The summed E-state index contributed by atoms with van der Waals surface area (Å²) >= 11 is 3.65. The summed E-state index contributed by atoms with van der Waals surface area (Å²) in [5.41, 5.74) is 4.04. The molecule has 0 spiro atoms. The summed E-state index contributed by atoms with van der Waals surface area (Å²) in [5.74, 6) is 0. The number of hydrogen-bond acceptors (Lipinski definition) is 2. The normalized spacial score (nSPS) is 18.6. The third-order valence-electron chi connectivity index (χ3n) is 3.66. The zero-order valence-corrected chi connectivity index (χ0v) is 12.8. The summed E-state index contributed by atoms with van der Waals surface area (Å²) in [4.78, 5) is 0. The van der Waals surface area contributed by atoms with E-state index < -0.39 is 0 Å². The predicted molar refractivity (Wildman–Crippen MR) is 80.3 cm³/mol. The molecule has 1 aromatic carbocycles. The first kappa shape index (κ1) is 12.9. The van der Waals surface area contributed by atoms with E-state index in [1.165, 1.54) is 16.8 Å². The Kier molecular flexibility index (Phi) is 3.46. The first-order valence-corrected chi connectivity index (χ1v) is 7.52. The third kappa shape index (κ3) is 2.23. The van der Waals surface area contributed by atoms with Crippen LogP contribution in [-0.4, -0.2) is 16.3 Å². The van der Waals surface area contributed by atoms with E-state index >= 15 is 0 Å². The first-order valence-electron chi connectivity index (χ1n) is 6.72. The van der Waals surface area contributed by atoms with E-state index in [2.05, 4.69) is 69.1 Å². The third-order valence-corrected chi connectivity index (χ3v) is 4.27. The number of nitrogens with zero attached hydrogens (tertiary/aromatic N) is 2. The monoisotopic (exact) mass is 319 g/mol. The Bertz CT molecular complexity index is 589. The van der Waals surface area contributed by atoms with Gasteiger partial charge in [-0.1, -0.05) is 24.3 Å². The average molecular weight is 320 g/mol. The smallest absolute Gasteiger partial charge is 0.0762 e. The summed E-state index contributed by atoms with van der Waals surface area (Å²) in [7, 11) is 0. The Labute approximate surface area is 122 Å². The molecule has 3 nitrogen and oxygen atoms in total. The van der Waals surface area contributed by atoms with Gasteiger partial charge < -0.3 is 5.32 Å². The summed E-state index contributed by atoms with van der Waals surface area (Å²) in [6, 6.07) is 9.27. The van der Waals surface area contributed by atoms with Crippen molar-refractivity contribution in [2.24, 2.45) is 0 Å². The molecule has 0 saturated carbocycles. The summed E-state index contributed by atoms with van der Waals surface area (Å²) in [6.07, 6.45) is 2.99. The van der Waals surface area contributed by atoms with Crippen LogP contribution < -0.4 is 5.32 Å². The SMILES string of the molecule is CC(C)n1ncc(Br)c1C1NCCc2ccccc21. The van der Waals surface area contributed by atoms with Crippen LogP contribution in [-0.2, 0) is 6.42 Å². The van der Waals surface area contributed by atoms with Gasteiger partial charge in [0.25, 0.3) is 0 Å². The lowest BCUT2D eigenvalue weighted by molar-refractivity contribution is 0.461. The van der Waals surface area contributed by atoms with Crippen LogP contribution in [0, 0.1) is 0 Å². The van der Waals surface area contributed by atoms with Crippen molar-refractivity contribution in [1.29, 1.82) is 0 Å². The fraction of sp³-hybridized carbons (Fsp3) is 0.400. The molecular weight excluding hydrogens is 302 g/mol. The van der Waals surface area contributed by atoms with Gasteiger partial charge in [-0.3, -0.25) is 4.68 Å². The van der Waals surface area contributed by atoms with Crippen LogP contribution in [0.4, 0.5) is 0 Å². The van der Waals surface area contributed by atoms with Crippen molar-refractivity contribution in [3.8, 4) is 0 Å². The number of halogens is 1. The molecule has 0 saturated heterocycles. The van der Waals surface area contributed by atoms with Crippen molar-refractivity contribution in [1.82, 2.24) is 15.1 Å². The van der Waals surface area contributed by atoms with Crippen LogP contribution in [0.1, 0.15) is 42.8 Å². The van der Waals surface area contributed by atoms with E-state index in [0.29, 0.717) is 6.04 Å². The van der Waals surface area contributed by atoms with Crippen LogP contribution in [0.3, 0.4) is 0 Å². The maximum absolute atomic E-state index is 4.49. The Morgan fingerprint density at radius 1 is 1.37 bits per heavy atom. The molecule has 100 valence electrons. The summed E-state index contributed by atoms with van der Waals surface area (Å²) in [6.45, 7) is 5.34. The number of hydrogen-bond donors (Lipinski definition) is 1. The fourth-order valence-electron chi connectivity index (χ4n) is 2.78. The molecule has 1 unspecified atom stereocenters. The van der Waals surface area contributed by atoms with E-state index in [1.54, 1.807) is 0 Å². The van der Waals surface area contributed by atoms with Crippen LogP contribution >= 0.6 is 15.9 Å². The van der Waals surface area contributed by atoms with Gasteiger partial charge in [-0.25, -0.2) is 0 Å².